The summed E-state index contributed by atoms with van der Waals surface area (Å²) < 4.78 is 46.6. The van der Waals surface area contributed by atoms with Gasteiger partial charge in [-0.15, -0.1) is 0 Å². The maximum absolute atomic E-state index is 12.5. The van der Waals surface area contributed by atoms with Crippen molar-refractivity contribution >= 4 is 24.0 Å². The number of esters is 2. The average Bonchev–Trinajstić information content (AvgIpc) is 2.58. The van der Waals surface area contributed by atoms with Crippen molar-refractivity contribution in [2.75, 3.05) is 14.2 Å². The first-order valence-electron chi connectivity index (χ1n) is 6.93. The Morgan fingerprint density at radius 2 is 1.48 bits per heavy atom. The number of halogens is 3. The Hall–Kier alpha value is -2.71. The predicted molar refractivity (Wildman–Crippen MR) is 77.5 cm³/mol. The average molecular weight is 360 g/mol. The third-order valence-corrected chi connectivity index (χ3v) is 3.58. The summed E-state index contributed by atoms with van der Waals surface area (Å²) in [6.07, 6.45) is -5.76. The molecule has 0 saturated heterocycles. The van der Waals surface area contributed by atoms with Gasteiger partial charge in [-0.05, 0) is 12.1 Å². The number of methoxy groups -OCH3 is 2. The van der Waals surface area contributed by atoms with Gasteiger partial charge in [0.2, 0.25) is 0 Å². The summed E-state index contributed by atoms with van der Waals surface area (Å²) >= 11 is 0. The Labute approximate surface area is 140 Å². The van der Waals surface area contributed by atoms with Crippen LogP contribution in [0, 0.1) is 5.41 Å². The summed E-state index contributed by atoms with van der Waals surface area (Å²) in [4.78, 5) is 47.2. The van der Waals surface area contributed by atoms with Gasteiger partial charge in [0.15, 0.2) is 11.2 Å². The summed E-state index contributed by atoms with van der Waals surface area (Å²) in [5.41, 5.74) is -3.30. The van der Waals surface area contributed by atoms with E-state index in [4.69, 9.17) is 0 Å². The van der Waals surface area contributed by atoms with Gasteiger partial charge in [-0.2, -0.15) is 13.2 Å². The topological polar surface area (TPSA) is 86.7 Å². The summed E-state index contributed by atoms with van der Waals surface area (Å²) in [6.45, 7) is 0. The Morgan fingerprint density at radius 3 is 1.84 bits per heavy atom. The van der Waals surface area contributed by atoms with Crippen molar-refractivity contribution in [1.29, 1.82) is 0 Å². The fraction of sp³-hybridized carbons (Fsp3) is 0.375. The zero-order valence-corrected chi connectivity index (χ0v) is 13.4. The quantitative estimate of drug-likeness (QED) is 0.321. The Morgan fingerprint density at radius 1 is 1.00 bits per heavy atom. The van der Waals surface area contributed by atoms with E-state index in [2.05, 4.69) is 9.47 Å². The highest BCUT2D eigenvalue weighted by Gasteiger charge is 2.50. The maximum atomic E-state index is 12.5. The number of ether oxygens (including phenoxy) is 2. The maximum Gasteiger partial charge on any atom is 0.416 e. The van der Waals surface area contributed by atoms with Crippen LogP contribution in [0.1, 0.15) is 28.8 Å². The molecule has 0 saturated carbocycles. The molecule has 0 heterocycles. The van der Waals surface area contributed by atoms with E-state index >= 15 is 0 Å². The number of alkyl halides is 3. The van der Waals surface area contributed by atoms with Crippen molar-refractivity contribution in [3.8, 4) is 0 Å². The molecule has 0 N–H and O–H groups in total. The number of aldehydes is 1. The van der Waals surface area contributed by atoms with E-state index in [1.54, 1.807) is 0 Å². The molecule has 1 aromatic rings. The van der Waals surface area contributed by atoms with Gasteiger partial charge in [-0.1, -0.05) is 12.1 Å². The number of carbonyl (C=O) groups is 4. The number of ketones is 1. The van der Waals surface area contributed by atoms with Crippen LogP contribution in [0.25, 0.3) is 0 Å². The van der Waals surface area contributed by atoms with Crippen LogP contribution in [0.3, 0.4) is 0 Å². The Bertz CT molecular complexity index is 647. The van der Waals surface area contributed by atoms with E-state index in [0.29, 0.717) is 12.1 Å². The third-order valence-electron chi connectivity index (χ3n) is 3.58. The Kier molecular flexibility index (Phi) is 6.43. The first-order chi connectivity index (χ1) is 11.6. The first-order valence-corrected chi connectivity index (χ1v) is 6.93. The standard InChI is InChI=1S/C16H15F3O6/c1-24-13(22)15(7-8-20,14(23)25-2)9-12(21)10-3-5-11(6-4-10)16(17,18)19/h3-6,8H,7,9H2,1-2H3. The van der Waals surface area contributed by atoms with E-state index in [1.165, 1.54) is 0 Å². The van der Waals surface area contributed by atoms with E-state index in [9.17, 15) is 32.3 Å². The molecule has 1 aromatic carbocycles. The molecule has 9 heteroatoms. The van der Waals surface area contributed by atoms with E-state index in [-0.39, 0.29) is 11.8 Å². The summed E-state index contributed by atoms with van der Waals surface area (Å²) in [5.74, 6) is -3.11. The summed E-state index contributed by atoms with van der Waals surface area (Å²) in [5, 5.41) is 0. The highest BCUT2D eigenvalue weighted by atomic mass is 19.4. The fourth-order valence-corrected chi connectivity index (χ4v) is 2.22. The molecule has 0 bridgehead atoms. The first kappa shape index (κ1) is 20.3. The molecule has 136 valence electrons. The molecule has 0 amide bonds. The molecule has 6 nitrogen and oxygen atoms in total. The normalized spacial score (nSPS) is 11.6. The second kappa shape index (κ2) is 7.91. The van der Waals surface area contributed by atoms with Crippen LogP contribution in [-0.2, 0) is 30.0 Å². The lowest BCUT2D eigenvalue weighted by Crippen LogP contribution is -2.43. The molecule has 0 aromatic heterocycles. The van der Waals surface area contributed by atoms with Crippen molar-refractivity contribution in [2.45, 2.75) is 19.0 Å². The molecule has 1 rings (SSSR count). The zero-order chi connectivity index (χ0) is 19.3. The highest BCUT2D eigenvalue weighted by molar-refractivity contribution is 6.08. The molecular formula is C16H15F3O6. The van der Waals surface area contributed by atoms with Crippen molar-refractivity contribution in [3.63, 3.8) is 0 Å². The predicted octanol–water partition coefficient (Wildman–Crippen LogP) is 2.20. The van der Waals surface area contributed by atoms with Crippen molar-refractivity contribution in [3.05, 3.63) is 35.4 Å². The lowest BCUT2D eigenvalue weighted by molar-refractivity contribution is -0.170. The van der Waals surface area contributed by atoms with Gasteiger partial charge in [-0.3, -0.25) is 14.4 Å². The van der Waals surface area contributed by atoms with Crippen LogP contribution in [0.5, 0.6) is 0 Å². The van der Waals surface area contributed by atoms with E-state index in [0.717, 1.165) is 26.4 Å². The van der Waals surface area contributed by atoms with Gasteiger partial charge in [0.1, 0.15) is 6.29 Å². The van der Waals surface area contributed by atoms with Crippen LogP contribution in [0.4, 0.5) is 13.2 Å². The molecule has 0 aliphatic carbocycles. The number of rotatable bonds is 7. The minimum Gasteiger partial charge on any atom is -0.468 e. The van der Waals surface area contributed by atoms with E-state index in [1.807, 2.05) is 0 Å². The lowest BCUT2D eigenvalue weighted by Gasteiger charge is -2.25. The monoisotopic (exact) mass is 360 g/mol. The molecule has 0 spiro atoms. The molecule has 0 unspecified atom stereocenters. The minimum atomic E-state index is -4.57. The number of benzene rings is 1. The molecule has 0 aliphatic heterocycles. The molecule has 0 atom stereocenters. The van der Waals surface area contributed by atoms with Crippen molar-refractivity contribution in [2.24, 2.45) is 5.41 Å². The minimum absolute atomic E-state index is 0.156. The van der Waals surface area contributed by atoms with Gasteiger partial charge in [0.25, 0.3) is 0 Å². The molecule has 0 aliphatic rings. The third kappa shape index (κ3) is 4.43. The van der Waals surface area contributed by atoms with Crippen molar-refractivity contribution in [1.82, 2.24) is 0 Å². The van der Waals surface area contributed by atoms with Gasteiger partial charge in [0.05, 0.1) is 19.8 Å². The van der Waals surface area contributed by atoms with Crippen LogP contribution < -0.4 is 0 Å². The largest absolute Gasteiger partial charge is 0.468 e. The van der Waals surface area contributed by atoms with Crippen LogP contribution in [0.2, 0.25) is 0 Å². The van der Waals surface area contributed by atoms with Crippen molar-refractivity contribution < 1.29 is 41.8 Å². The fourth-order valence-electron chi connectivity index (χ4n) is 2.22. The van der Waals surface area contributed by atoms with Crippen LogP contribution >= 0.6 is 0 Å². The second-order valence-corrected chi connectivity index (χ2v) is 5.11. The summed E-state index contributed by atoms with van der Waals surface area (Å²) in [6, 6.07) is 3.24. The molecule has 25 heavy (non-hydrogen) atoms. The smallest absolute Gasteiger partial charge is 0.416 e. The van der Waals surface area contributed by atoms with Crippen LogP contribution in [-0.4, -0.2) is 38.2 Å². The lowest BCUT2D eigenvalue weighted by atomic mass is 9.78. The summed E-state index contributed by atoms with van der Waals surface area (Å²) in [7, 11) is 1.93. The highest BCUT2D eigenvalue weighted by Crippen LogP contribution is 2.33. The molecule has 0 fully saturated rings. The van der Waals surface area contributed by atoms with E-state index < -0.39 is 47.7 Å². The van der Waals surface area contributed by atoms with Gasteiger partial charge in [0, 0.05) is 18.4 Å². The van der Waals surface area contributed by atoms with Gasteiger partial charge in [-0.25, -0.2) is 0 Å². The van der Waals surface area contributed by atoms with Gasteiger partial charge < -0.3 is 14.3 Å². The molecular weight excluding hydrogens is 345 g/mol. The Balaban J connectivity index is 3.19. The van der Waals surface area contributed by atoms with Gasteiger partial charge >= 0.3 is 18.1 Å². The number of hydrogen-bond acceptors (Lipinski definition) is 6. The SMILES string of the molecule is COC(=O)C(CC=O)(CC(=O)c1ccc(C(F)(F)F)cc1)C(=O)OC. The number of carbonyl (C=O) groups excluding carboxylic acids is 4. The van der Waals surface area contributed by atoms with Crippen LogP contribution in [0.15, 0.2) is 24.3 Å². The second-order valence-electron chi connectivity index (χ2n) is 5.11. The zero-order valence-electron chi connectivity index (χ0n) is 13.4. The number of hydrogen-bond donors (Lipinski definition) is 0. The molecule has 0 radical (unpaired) electrons. The number of Topliss-reactive ketones (excluding diaryl/α,β-unsaturated/α-hetero) is 1.